The second kappa shape index (κ2) is 11.5. The van der Waals surface area contributed by atoms with E-state index >= 15 is 0 Å². The molecule has 0 rings (SSSR count). The lowest BCUT2D eigenvalue weighted by molar-refractivity contribution is 0.412. The van der Waals surface area contributed by atoms with Gasteiger partial charge < -0.3 is 0 Å². The van der Waals surface area contributed by atoms with Crippen molar-refractivity contribution in [1.29, 1.82) is 0 Å². The van der Waals surface area contributed by atoms with Crippen molar-refractivity contribution in [2.24, 2.45) is 0 Å². The number of hydrogen-bond acceptors (Lipinski definition) is 10. The molecule has 0 bridgehead atoms. The first kappa shape index (κ1) is 32.5. The highest BCUT2D eigenvalue weighted by molar-refractivity contribution is 7.88. The van der Waals surface area contributed by atoms with Crippen LogP contribution in [0.1, 0.15) is 52.4 Å². The van der Waals surface area contributed by atoms with Gasteiger partial charge >= 0.3 is 0 Å². The Bertz CT molecular complexity index is 1180. The van der Waals surface area contributed by atoms with Crippen LogP contribution >= 0.6 is 0 Å². The van der Waals surface area contributed by atoms with Gasteiger partial charge in [0.25, 0.3) is 50.6 Å². The Kier molecular flexibility index (Phi) is 11.4. The molecule has 0 aromatic rings. The van der Waals surface area contributed by atoms with E-state index in [2.05, 4.69) is 0 Å². The molecule has 5 N–H and O–H groups in total. The van der Waals surface area contributed by atoms with Crippen LogP contribution in [0.3, 0.4) is 0 Å². The summed E-state index contributed by atoms with van der Waals surface area (Å²) in [4.78, 5) is 0. The van der Waals surface area contributed by atoms with E-state index in [1.54, 1.807) is 0 Å². The largest absolute Gasteiger partial charge is 0.285 e. The van der Waals surface area contributed by atoms with Gasteiger partial charge in [0.05, 0.1) is 26.2 Å². The SMILES string of the molecule is CC(CCC(CC(CCC(CC(C)S(=O)(=O)O)S(=O)(=O)O)S(=O)(=O)O)S(=O)(=O)O)S(=O)(=O)O. The quantitative estimate of drug-likeness (QED) is 0.154. The van der Waals surface area contributed by atoms with Gasteiger partial charge in [-0.25, -0.2) is 0 Å². The molecule has 0 saturated carbocycles. The molecule has 20 heteroatoms. The fourth-order valence-corrected chi connectivity index (χ4v) is 6.83. The molecule has 0 aromatic heterocycles. The Morgan fingerprint density at radius 1 is 0.424 bits per heavy atom. The number of hydrogen-bond donors (Lipinski definition) is 5. The molecule has 0 aliphatic heterocycles. The highest BCUT2D eigenvalue weighted by Crippen LogP contribution is 2.26. The third kappa shape index (κ3) is 12.2. The molecule has 0 heterocycles. The lowest BCUT2D eigenvalue weighted by Gasteiger charge is -2.23. The van der Waals surface area contributed by atoms with Crippen molar-refractivity contribution in [1.82, 2.24) is 0 Å². The van der Waals surface area contributed by atoms with Gasteiger partial charge in [0.2, 0.25) is 0 Å². The van der Waals surface area contributed by atoms with Crippen LogP contribution in [0.25, 0.3) is 0 Å². The van der Waals surface area contributed by atoms with Crippen LogP contribution in [0.5, 0.6) is 0 Å². The zero-order chi connectivity index (χ0) is 26.6. The molecule has 200 valence electrons. The van der Waals surface area contributed by atoms with Crippen molar-refractivity contribution in [2.45, 2.75) is 78.6 Å². The molecule has 0 aliphatic rings. The van der Waals surface area contributed by atoms with Crippen LogP contribution in [0.15, 0.2) is 0 Å². The average Bonchev–Trinajstić information content (AvgIpc) is 2.54. The molecule has 0 fully saturated rings. The van der Waals surface area contributed by atoms with E-state index in [0.29, 0.717) is 0 Å². The molecular formula is C13H28O15S5. The molecule has 5 atom stereocenters. The van der Waals surface area contributed by atoms with Crippen molar-refractivity contribution >= 4 is 50.6 Å². The summed E-state index contributed by atoms with van der Waals surface area (Å²) < 4.78 is 160. The Morgan fingerprint density at radius 3 is 0.970 bits per heavy atom. The van der Waals surface area contributed by atoms with E-state index in [0.717, 1.165) is 13.8 Å². The van der Waals surface area contributed by atoms with E-state index in [1.807, 2.05) is 0 Å². The minimum atomic E-state index is -5.07. The van der Waals surface area contributed by atoms with Crippen LogP contribution in [0.4, 0.5) is 0 Å². The van der Waals surface area contributed by atoms with Gasteiger partial charge in [0, 0.05) is 0 Å². The van der Waals surface area contributed by atoms with Gasteiger partial charge in [0.1, 0.15) is 0 Å². The fourth-order valence-electron chi connectivity index (χ4n) is 2.89. The molecule has 15 nitrogen and oxygen atoms in total. The minimum absolute atomic E-state index is 0.527. The Morgan fingerprint density at radius 2 is 0.697 bits per heavy atom. The van der Waals surface area contributed by atoms with Crippen LogP contribution in [0, 0.1) is 0 Å². The Balaban J connectivity index is 5.77. The summed E-state index contributed by atoms with van der Waals surface area (Å²) in [6.45, 7) is 1.93. The van der Waals surface area contributed by atoms with Crippen molar-refractivity contribution in [3.05, 3.63) is 0 Å². The summed E-state index contributed by atoms with van der Waals surface area (Å²) in [5, 5.41) is -9.02. The highest BCUT2D eigenvalue weighted by Gasteiger charge is 2.36. The van der Waals surface area contributed by atoms with Gasteiger partial charge in [0.15, 0.2) is 0 Å². The first-order valence-electron chi connectivity index (χ1n) is 9.18. The normalized spacial score (nSPS) is 18.9. The summed E-state index contributed by atoms with van der Waals surface area (Å²) in [6.07, 6.45) is -4.66. The monoisotopic (exact) mass is 584 g/mol. The zero-order valence-corrected chi connectivity index (χ0v) is 21.6. The van der Waals surface area contributed by atoms with Crippen molar-refractivity contribution in [2.75, 3.05) is 0 Å². The fraction of sp³-hybridized carbons (Fsp3) is 1.00. The van der Waals surface area contributed by atoms with E-state index in [1.165, 1.54) is 0 Å². The van der Waals surface area contributed by atoms with E-state index in [9.17, 15) is 55.7 Å². The highest BCUT2D eigenvalue weighted by atomic mass is 32.2. The van der Waals surface area contributed by atoms with Crippen molar-refractivity contribution < 1.29 is 64.9 Å². The Labute approximate surface area is 193 Å². The smallest absolute Gasteiger partial charge is 0.267 e. The maximum atomic E-state index is 11.7. The van der Waals surface area contributed by atoms with Gasteiger partial charge in [-0.2, -0.15) is 42.1 Å². The molecule has 0 spiro atoms. The summed E-state index contributed by atoms with van der Waals surface area (Å²) in [5.74, 6) is 0. The second-order valence-corrected chi connectivity index (χ2v) is 16.4. The maximum Gasteiger partial charge on any atom is 0.267 e. The first-order chi connectivity index (χ1) is 14.4. The molecule has 0 amide bonds. The lowest BCUT2D eigenvalue weighted by Crippen LogP contribution is -2.34. The summed E-state index contributed by atoms with van der Waals surface area (Å²) >= 11 is 0. The van der Waals surface area contributed by atoms with E-state index in [-0.39, 0.29) is 0 Å². The molecule has 0 saturated heterocycles. The molecule has 5 unspecified atom stereocenters. The van der Waals surface area contributed by atoms with Crippen LogP contribution in [-0.2, 0) is 50.6 Å². The summed E-state index contributed by atoms with van der Waals surface area (Å²) in [6, 6.07) is 0. The van der Waals surface area contributed by atoms with Gasteiger partial charge in [-0.3, -0.25) is 22.8 Å². The molecule has 0 radical (unpaired) electrons. The van der Waals surface area contributed by atoms with Crippen molar-refractivity contribution in [3.63, 3.8) is 0 Å². The second-order valence-electron chi connectivity index (χ2n) is 7.69. The van der Waals surface area contributed by atoms with Crippen molar-refractivity contribution in [3.8, 4) is 0 Å². The number of rotatable bonds is 15. The molecule has 33 heavy (non-hydrogen) atoms. The van der Waals surface area contributed by atoms with Gasteiger partial charge in [-0.1, -0.05) is 0 Å². The van der Waals surface area contributed by atoms with E-state index < -0.39 is 115 Å². The van der Waals surface area contributed by atoms with Gasteiger partial charge in [-0.15, -0.1) is 0 Å². The predicted molar refractivity (Wildman–Crippen MR) is 116 cm³/mol. The first-order valence-corrected chi connectivity index (χ1v) is 16.7. The predicted octanol–water partition coefficient (Wildman–Crippen LogP) is -0.351. The molecular weight excluding hydrogens is 556 g/mol. The van der Waals surface area contributed by atoms with Crippen LogP contribution < -0.4 is 0 Å². The minimum Gasteiger partial charge on any atom is -0.285 e. The van der Waals surface area contributed by atoms with Crippen LogP contribution in [0.2, 0.25) is 0 Å². The standard InChI is InChI=1S/C13H28O15S5/c1-9(29(14,15)16)3-4-12(32(23,24)25)8-13(33(26,27)28)6-5-11(31(20,21)22)7-10(2)30(17,18)19/h9-13H,3-8H2,1-2H3,(H,14,15,16)(H,17,18,19)(H,20,21,22)(H,23,24,25)(H,26,27,28). The zero-order valence-electron chi connectivity index (χ0n) is 17.5. The maximum absolute atomic E-state index is 11.7. The van der Waals surface area contributed by atoms with Crippen LogP contribution in [-0.4, -0.2) is 91.1 Å². The Hall–Kier alpha value is -0.450. The summed E-state index contributed by atoms with van der Waals surface area (Å²) in [7, 11) is -24.3. The lowest BCUT2D eigenvalue weighted by atomic mass is 10.0. The molecule has 0 aromatic carbocycles. The topological polar surface area (TPSA) is 272 Å². The average molecular weight is 585 g/mol. The van der Waals surface area contributed by atoms with Gasteiger partial charge in [-0.05, 0) is 52.4 Å². The molecule has 0 aliphatic carbocycles. The summed E-state index contributed by atoms with van der Waals surface area (Å²) in [5.41, 5.74) is 0. The third-order valence-electron chi connectivity index (χ3n) is 5.11. The third-order valence-corrected chi connectivity index (χ3v) is 11.4. The van der Waals surface area contributed by atoms with E-state index in [4.69, 9.17) is 9.11 Å².